The molecular weight excluding hydrogens is 246 g/mol. The molecule has 0 bridgehead atoms. The monoisotopic (exact) mass is 275 g/mol. The fraction of sp³-hybridized carbons (Fsp3) is 1.00. The van der Waals surface area contributed by atoms with Crippen molar-refractivity contribution in [1.82, 2.24) is 4.72 Å². The predicted molar refractivity (Wildman–Crippen MR) is 76.9 cm³/mol. The standard InChI is InChI=1S/C14H29NO2S/c1-10(2)9-11-12(3,4)13(5,6)14(7,8)18(16,17)15-11/h10-11,15H,9H2,1-8H3. The van der Waals surface area contributed by atoms with Gasteiger partial charge in [-0.15, -0.1) is 0 Å². The molecule has 0 aromatic rings. The van der Waals surface area contributed by atoms with Gasteiger partial charge in [-0.1, -0.05) is 41.5 Å². The molecule has 1 unspecified atom stereocenters. The highest BCUT2D eigenvalue weighted by Crippen LogP contribution is 2.55. The molecule has 0 spiro atoms. The summed E-state index contributed by atoms with van der Waals surface area (Å²) in [5.74, 6) is 0.481. The minimum atomic E-state index is -3.28. The second-order valence-corrected chi connectivity index (χ2v) is 9.92. The van der Waals surface area contributed by atoms with Crippen LogP contribution in [0.2, 0.25) is 0 Å². The second kappa shape index (κ2) is 4.20. The van der Waals surface area contributed by atoms with Crippen LogP contribution in [0.5, 0.6) is 0 Å². The van der Waals surface area contributed by atoms with Crippen LogP contribution in [0.1, 0.15) is 61.8 Å². The summed E-state index contributed by atoms with van der Waals surface area (Å²) in [7, 11) is -3.28. The highest BCUT2D eigenvalue weighted by molar-refractivity contribution is 7.91. The van der Waals surface area contributed by atoms with Crippen molar-refractivity contribution in [2.75, 3.05) is 0 Å². The van der Waals surface area contributed by atoms with Gasteiger partial charge in [-0.2, -0.15) is 0 Å². The maximum Gasteiger partial charge on any atom is 0.217 e. The Morgan fingerprint density at radius 2 is 1.50 bits per heavy atom. The van der Waals surface area contributed by atoms with E-state index in [1.807, 2.05) is 13.8 Å². The van der Waals surface area contributed by atoms with Crippen LogP contribution < -0.4 is 4.72 Å². The molecule has 1 heterocycles. The van der Waals surface area contributed by atoms with Crippen molar-refractivity contribution in [3.63, 3.8) is 0 Å². The van der Waals surface area contributed by atoms with E-state index in [0.717, 1.165) is 6.42 Å². The van der Waals surface area contributed by atoms with Gasteiger partial charge in [0.05, 0.1) is 4.75 Å². The molecule has 1 N–H and O–H groups in total. The smallest absolute Gasteiger partial charge is 0.212 e. The van der Waals surface area contributed by atoms with Gasteiger partial charge >= 0.3 is 0 Å². The first-order valence-corrected chi connectivity index (χ1v) is 8.27. The summed E-state index contributed by atoms with van der Waals surface area (Å²) in [5.41, 5.74) is -0.365. The minimum absolute atomic E-state index is 0.00512. The lowest BCUT2D eigenvalue weighted by molar-refractivity contribution is 0.0153. The summed E-state index contributed by atoms with van der Waals surface area (Å²) >= 11 is 0. The molecule has 0 radical (unpaired) electrons. The van der Waals surface area contributed by atoms with Gasteiger partial charge in [-0.25, -0.2) is 13.1 Å². The van der Waals surface area contributed by atoms with E-state index >= 15 is 0 Å². The first kappa shape index (κ1) is 16.0. The zero-order valence-electron chi connectivity index (χ0n) is 13.1. The third kappa shape index (κ3) is 2.01. The van der Waals surface area contributed by atoms with Gasteiger partial charge in [0.15, 0.2) is 0 Å². The van der Waals surface area contributed by atoms with E-state index in [-0.39, 0.29) is 16.9 Å². The van der Waals surface area contributed by atoms with Crippen LogP contribution in [-0.4, -0.2) is 19.2 Å². The van der Waals surface area contributed by atoms with Crippen LogP contribution in [0, 0.1) is 16.7 Å². The van der Waals surface area contributed by atoms with Gasteiger partial charge in [0.2, 0.25) is 10.0 Å². The topological polar surface area (TPSA) is 46.2 Å². The van der Waals surface area contributed by atoms with Crippen LogP contribution in [0.15, 0.2) is 0 Å². The SMILES string of the molecule is CC(C)CC1NS(=O)(=O)C(C)(C)C(C)(C)C1(C)C. The van der Waals surface area contributed by atoms with Crippen molar-refractivity contribution >= 4 is 10.0 Å². The Bertz CT molecular complexity index is 419. The van der Waals surface area contributed by atoms with Crippen LogP contribution >= 0.6 is 0 Å². The molecule has 1 atom stereocenters. The Labute approximate surface area is 113 Å². The van der Waals surface area contributed by atoms with E-state index in [1.54, 1.807) is 0 Å². The van der Waals surface area contributed by atoms with E-state index in [0.29, 0.717) is 5.92 Å². The molecule has 1 aliphatic rings. The molecule has 1 fully saturated rings. The summed E-state index contributed by atoms with van der Waals surface area (Å²) < 4.78 is 27.1. The van der Waals surface area contributed by atoms with Crippen LogP contribution in [0.3, 0.4) is 0 Å². The zero-order chi connectivity index (χ0) is 14.6. The summed E-state index contributed by atoms with van der Waals surface area (Å²) in [4.78, 5) is 0. The zero-order valence-corrected chi connectivity index (χ0v) is 13.9. The quantitative estimate of drug-likeness (QED) is 0.841. The molecule has 0 aromatic heterocycles. The molecule has 18 heavy (non-hydrogen) atoms. The third-order valence-electron chi connectivity index (χ3n) is 5.66. The van der Waals surface area contributed by atoms with E-state index in [1.165, 1.54) is 0 Å². The highest BCUT2D eigenvalue weighted by atomic mass is 32.2. The number of rotatable bonds is 2. The highest BCUT2D eigenvalue weighted by Gasteiger charge is 2.61. The number of hydrogen-bond donors (Lipinski definition) is 1. The lowest BCUT2D eigenvalue weighted by atomic mass is 9.57. The number of hydrogen-bond acceptors (Lipinski definition) is 2. The average molecular weight is 275 g/mol. The predicted octanol–water partition coefficient (Wildman–Crippen LogP) is 3.17. The maximum absolute atomic E-state index is 12.5. The molecule has 0 amide bonds. The van der Waals surface area contributed by atoms with E-state index < -0.39 is 14.8 Å². The molecule has 1 aliphatic heterocycles. The molecule has 0 saturated carbocycles. The Kier molecular flexibility index (Phi) is 3.73. The largest absolute Gasteiger partial charge is 0.217 e. The Morgan fingerprint density at radius 1 is 1.06 bits per heavy atom. The van der Waals surface area contributed by atoms with Gasteiger partial charge in [-0.05, 0) is 37.0 Å². The molecule has 0 aliphatic carbocycles. The lowest BCUT2D eigenvalue weighted by Gasteiger charge is -2.59. The van der Waals surface area contributed by atoms with Crippen molar-refractivity contribution < 1.29 is 8.42 Å². The van der Waals surface area contributed by atoms with Crippen LogP contribution in [0.25, 0.3) is 0 Å². The summed E-state index contributed by atoms with van der Waals surface area (Å²) in [6, 6.07) is 0.00512. The van der Waals surface area contributed by atoms with Crippen molar-refractivity contribution in [2.24, 2.45) is 16.7 Å². The molecule has 0 aromatic carbocycles. The average Bonchev–Trinajstić information content (AvgIpc) is 2.13. The summed E-state index contributed by atoms with van der Waals surface area (Å²) in [6.45, 7) is 16.5. The molecule has 108 valence electrons. The van der Waals surface area contributed by atoms with Gasteiger partial charge in [-0.3, -0.25) is 0 Å². The Morgan fingerprint density at radius 3 is 1.89 bits per heavy atom. The van der Waals surface area contributed by atoms with E-state index in [4.69, 9.17) is 0 Å². The minimum Gasteiger partial charge on any atom is -0.212 e. The van der Waals surface area contributed by atoms with Crippen molar-refractivity contribution in [1.29, 1.82) is 0 Å². The number of sulfonamides is 1. The van der Waals surface area contributed by atoms with Crippen LogP contribution in [0.4, 0.5) is 0 Å². The van der Waals surface area contributed by atoms with Gasteiger partial charge in [0.1, 0.15) is 0 Å². The molecule has 1 rings (SSSR count). The van der Waals surface area contributed by atoms with Crippen molar-refractivity contribution in [3.05, 3.63) is 0 Å². The Hall–Kier alpha value is -0.0900. The van der Waals surface area contributed by atoms with E-state index in [9.17, 15) is 8.42 Å². The fourth-order valence-electron chi connectivity index (χ4n) is 2.84. The fourth-order valence-corrected chi connectivity index (χ4v) is 4.84. The van der Waals surface area contributed by atoms with Crippen molar-refractivity contribution in [3.8, 4) is 0 Å². The summed E-state index contributed by atoms with van der Waals surface area (Å²) in [6.07, 6.45) is 0.881. The van der Waals surface area contributed by atoms with Crippen LogP contribution in [-0.2, 0) is 10.0 Å². The van der Waals surface area contributed by atoms with Gasteiger partial charge < -0.3 is 0 Å². The maximum atomic E-state index is 12.5. The van der Waals surface area contributed by atoms with Gasteiger partial charge in [0.25, 0.3) is 0 Å². The number of nitrogens with one attached hydrogen (secondary N) is 1. The normalized spacial score (nSPS) is 32.4. The van der Waals surface area contributed by atoms with Crippen molar-refractivity contribution in [2.45, 2.75) is 72.6 Å². The Balaban J connectivity index is 3.33. The molecule has 3 nitrogen and oxygen atoms in total. The van der Waals surface area contributed by atoms with Gasteiger partial charge in [0, 0.05) is 6.04 Å². The first-order valence-electron chi connectivity index (χ1n) is 6.79. The van der Waals surface area contributed by atoms with E-state index in [2.05, 4.69) is 46.3 Å². The third-order valence-corrected chi connectivity index (χ3v) is 8.11. The first-order chi connectivity index (χ1) is 7.77. The molecule has 4 heteroatoms. The summed E-state index contributed by atoms with van der Waals surface area (Å²) in [5, 5.41) is 0. The molecule has 1 saturated heterocycles. The second-order valence-electron chi connectivity index (χ2n) is 7.66. The molecular formula is C14H29NO2S. The lowest BCUT2D eigenvalue weighted by Crippen LogP contribution is -2.69.